The average Bonchev–Trinajstić information content (AvgIpc) is 3.42. The second kappa shape index (κ2) is 6.59. The molecule has 1 fully saturated rings. The zero-order valence-electron chi connectivity index (χ0n) is 13.0. The number of epoxide rings is 1. The van der Waals surface area contributed by atoms with Crippen LogP contribution in [-0.2, 0) is 9.47 Å². The molecule has 0 aliphatic carbocycles. The molecule has 24 heavy (non-hydrogen) atoms. The molecule has 0 saturated carbocycles. The Balaban J connectivity index is 1.68. The molecule has 5 heteroatoms. The van der Waals surface area contributed by atoms with Crippen molar-refractivity contribution in [2.45, 2.75) is 6.10 Å². The monoisotopic (exact) mass is 388 g/mol. The van der Waals surface area contributed by atoms with Gasteiger partial charge < -0.3 is 19.3 Å². The molecule has 0 bridgehead atoms. The van der Waals surface area contributed by atoms with Gasteiger partial charge in [-0.3, -0.25) is 0 Å². The van der Waals surface area contributed by atoms with Gasteiger partial charge in [0.25, 0.3) is 0 Å². The Morgan fingerprint density at radius 2 is 1.79 bits per heavy atom. The van der Waals surface area contributed by atoms with Crippen molar-refractivity contribution in [3.63, 3.8) is 0 Å². The maximum absolute atomic E-state index is 10.6. The molecule has 0 spiro atoms. The molecule has 4 nitrogen and oxygen atoms in total. The molecule has 1 saturated heterocycles. The van der Waals surface area contributed by atoms with Crippen molar-refractivity contribution in [3.05, 3.63) is 46.9 Å². The normalized spacial score (nSPS) is 16.6. The first kappa shape index (κ1) is 15.7. The van der Waals surface area contributed by atoms with Crippen LogP contribution in [0.4, 0.5) is 0 Å². The highest BCUT2D eigenvalue weighted by Crippen LogP contribution is 2.42. The number of fused-ring (bicyclic) bond motifs is 2. The Morgan fingerprint density at radius 3 is 2.58 bits per heavy atom. The minimum Gasteiger partial charge on any atom is -0.507 e. The summed E-state index contributed by atoms with van der Waals surface area (Å²) in [5.74, 6) is 1.05. The zero-order chi connectivity index (χ0) is 16.5. The van der Waals surface area contributed by atoms with E-state index < -0.39 is 0 Å². The minimum atomic E-state index is 0.262. The third-order valence-corrected chi connectivity index (χ3v) is 4.58. The van der Waals surface area contributed by atoms with Crippen LogP contribution in [-0.4, -0.2) is 37.6 Å². The maximum atomic E-state index is 10.6. The Hall–Kier alpha value is -1.82. The molecular formula is C19H17BrO4. The van der Waals surface area contributed by atoms with E-state index in [-0.39, 0.29) is 11.9 Å². The second-order valence-corrected chi connectivity index (χ2v) is 6.71. The van der Waals surface area contributed by atoms with Gasteiger partial charge in [0.2, 0.25) is 0 Å². The summed E-state index contributed by atoms with van der Waals surface area (Å²) in [5, 5.41) is 14.0. The summed E-state index contributed by atoms with van der Waals surface area (Å²) in [7, 11) is 0. The number of benzene rings is 3. The smallest absolute Gasteiger partial charge is 0.135 e. The topological polar surface area (TPSA) is 51.2 Å². The lowest BCUT2D eigenvalue weighted by Gasteiger charge is -2.15. The van der Waals surface area contributed by atoms with Crippen LogP contribution in [0, 0.1) is 0 Å². The van der Waals surface area contributed by atoms with Gasteiger partial charge in [-0.1, -0.05) is 40.2 Å². The fourth-order valence-corrected chi connectivity index (χ4v) is 3.19. The van der Waals surface area contributed by atoms with E-state index in [0.29, 0.717) is 19.8 Å². The van der Waals surface area contributed by atoms with Gasteiger partial charge in [-0.25, -0.2) is 0 Å². The first-order chi connectivity index (χ1) is 11.7. The number of hydrogen-bond acceptors (Lipinski definition) is 4. The molecular weight excluding hydrogens is 372 g/mol. The van der Waals surface area contributed by atoms with Crippen molar-refractivity contribution in [2.75, 3.05) is 26.4 Å². The summed E-state index contributed by atoms with van der Waals surface area (Å²) in [6.45, 7) is 2.37. The van der Waals surface area contributed by atoms with Crippen LogP contribution in [0.2, 0.25) is 0 Å². The summed E-state index contributed by atoms with van der Waals surface area (Å²) in [6.07, 6.45) is 0.262. The van der Waals surface area contributed by atoms with Crippen LogP contribution in [0.5, 0.6) is 11.5 Å². The van der Waals surface area contributed by atoms with Crippen LogP contribution in [0.3, 0.4) is 0 Å². The predicted octanol–water partition coefficient (Wildman–Crippen LogP) is 4.26. The zero-order valence-corrected chi connectivity index (χ0v) is 14.6. The van der Waals surface area contributed by atoms with Crippen molar-refractivity contribution >= 4 is 37.5 Å². The van der Waals surface area contributed by atoms with Crippen molar-refractivity contribution in [1.82, 2.24) is 0 Å². The van der Waals surface area contributed by atoms with Gasteiger partial charge in [0.1, 0.15) is 24.2 Å². The van der Waals surface area contributed by atoms with Gasteiger partial charge in [-0.2, -0.15) is 0 Å². The maximum Gasteiger partial charge on any atom is 0.135 e. The molecule has 0 amide bonds. The van der Waals surface area contributed by atoms with Crippen molar-refractivity contribution in [3.8, 4) is 11.5 Å². The van der Waals surface area contributed by atoms with Crippen LogP contribution < -0.4 is 4.74 Å². The van der Waals surface area contributed by atoms with E-state index in [0.717, 1.165) is 38.4 Å². The van der Waals surface area contributed by atoms with E-state index in [2.05, 4.69) is 15.9 Å². The molecule has 3 aromatic carbocycles. The molecule has 124 valence electrons. The Labute approximate surface area is 148 Å². The number of phenolic OH excluding ortho intramolecular Hbond substituents is 1. The number of hydrogen-bond donors (Lipinski definition) is 1. The van der Waals surface area contributed by atoms with Gasteiger partial charge in [-0.05, 0) is 18.2 Å². The first-order valence-corrected chi connectivity index (χ1v) is 8.68. The van der Waals surface area contributed by atoms with Gasteiger partial charge in [0, 0.05) is 26.0 Å². The van der Waals surface area contributed by atoms with E-state index in [1.54, 1.807) is 0 Å². The second-order valence-electron chi connectivity index (χ2n) is 5.79. The SMILES string of the molecule is Oc1c2ccccc2c(OCCOCC2CO2)c2ccc(Br)cc12. The van der Waals surface area contributed by atoms with Crippen molar-refractivity contribution in [2.24, 2.45) is 0 Å². The first-order valence-electron chi connectivity index (χ1n) is 7.89. The number of aromatic hydroxyl groups is 1. The number of ether oxygens (including phenoxy) is 3. The Morgan fingerprint density at radius 1 is 1.04 bits per heavy atom. The van der Waals surface area contributed by atoms with Crippen molar-refractivity contribution in [1.29, 1.82) is 0 Å². The largest absolute Gasteiger partial charge is 0.507 e. The molecule has 1 atom stereocenters. The quantitative estimate of drug-likeness (QED) is 0.389. The van der Waals surface area contributed by atoms with Gasteiger partial charge >= 0.3 is 0 Å². The van der Waals surface area contributed by atoms with Gasteiger partial charge in [-0.15, -0.1) is 0 Å². The lowest BCUT2D eigenvalue weighted by molar-refractivity contribution is 0.0887. The van der Waals surface area contributed by atoms with E-state index >= 15 is 0 Å². The number of rotatable bonds is 6. The number of phenols is 1. The highest BCUT2D eigenvalue weighted by Gasteiger charge is 2.22. The number of halogens is 1. The Bertz CT molecular complexity index is 889. The third kappa shape index (κ3) is 3.07. The van der Waals surface area contributed by atoms with Crippen LogP contribution in [0.1, 0.15) is 0 Å². The summed E-state index contributed by atoms with van der Waals surface area (Å²) in [6, 6.07) is 13.5. The van der Waals surface area contributed by atoms with Crippen LogP contribution in [0.25, 0.3) is 21.5 Å². The lowest BCUT2D eigenvalue weighted by Crippen LogP contribution is -2.10. The molecule has 0 aromatic heterocycles. The molecule has 0 radical (unpaired) electrons. The molecule has 1 aliphatic heterocycles. The summed E-state index contributed by atoms with van der Waals surface area (Å²) in [4.78, 5) is 0. The van der Waals surface area contributed by atoms with E-state index in [4.69, 9.17) is 14.2 Å². The summed E-state index contributed by atoms with van der Waals surface area (Å²) >= 11 is 3.46. The highest BCUT2D eigenvalue weighted by molar-refractivity contribution is 9.10. The van der Waals surface area contributed by atoms with Crippen LogP contribution >= 0.6 is 15.9 Å². The predicted molar refractivity (Wildman–Crippen MR) is 96.9 cm³/mol. The molecule has 4 rings (SSSR count). The fourth-order valence-electron chi connectivity index (χ4n) is 2.83. The van der Waals surface area contributed by atoms with Crippen molar-refractivity contribution < 1.29 is 19.3 Å². The molecule has 1 heterocycles. The fraction of sp³-hybridized carbons (Fsp3) is 0.263. The summed E-state index contributed by atoms with van der Waals surface area (Å²) < 4.78 is 17.6. The molecule has 1 N–H and O–H groups in total. The van der Waals surface area contributed by atoms with E-state index in [9.17, 15) is 5.11 Å². The molecule has 3 aromatic rings. The van der Waals surface area contributed by atoms with Crippen LogP contribution in [0.15, 0.2) is 46.9 Å². The van der Waals surface area contributed by atoms with E-state index in [1.807, 2.05) is 42.5 Å². The van der Waals surface area contributed by atoms with Gasteiger partial charge in [0.15, 0.2) is 0 Å². The molecule has 1 aliphatic rings. The lowest BCUT2D eigenvalue weighted by atomic mass is 10.0. The Kier molecular flexibility index (Phi) is 4.31. The standard InChI is InChI=1S/C19H17BrO4/c20-12-5-6-16-17(9-12)18(21)14-3-1-2-4-15(14)19(16)23-8-7-22-10-13-11-24-13/h1-6,9,13,21H,7-8,10-11H2. The summed E-state index contributed by atoms with van der Waals surface area (Å²) in [5.41, 5.74) is 0. The average molecular weight is 389 g/mol. The minimum absolute atomic E-state index is 0.262. The van der Waals surface area contributed by atoms with E-state index in [1.165, 1.54) is 0 Å². The molecule has 1 unspecified atom stereocenters. The van der Waals surface area contributed by atoms with Gasteiger partial charge in [0.05, 0.1) is 19.8 Å². The highest BCUT2D eigenvalue weighted by atomic mass is 79.9. The third-order valence-electron chi connectivity index (χ3n) is 4.09.